The van der Waals surface area contributed by atoms with Crippen molar-refractivity contribution in [3.05, 3.63) is 58.1 Å². The lowest BCUT2D eigenvalue weighted by atomic mass is 10.2. The van der Waals surface area contributed by atoms with Gasteiger partial charge in [-0.25, -0.2) is 9.59 Å². The normalized spacial score (nSPS) is 10.1. The molecule has 0 aromatic heterocycles. The van der Waals surface area contributed by atoms with Gasteiger partial charge in [0, 0.05) is 4.47 Å². The number of halogens is 1. The molecule has 0 aliphatic rings. The molecule has 2 aromatic carbocycles. The Hall–Kier alpha value is -2.34. The number of hydrogen-bond donors (Lipinski definition) is 1. The van der Waals surface area contributed by atoms with Crippen molar-refractivity contribution in [2.24, 2.45) is 0 Å². The highest BCUT2D eigenvalue weighted by Gasteiger charge is 2.15. The van der Waals surface area contributed by atoms with Gasteiger partial charge in [0.15, 0.2) is 6.61 Å². The molecule has 0 saturated heterocycles. The van der Waals surface area contributed by atoms with Crippen LogP contribution in [-0.4, -0.2) is 23.7 Å². The Morgan fingerprint density at radius 1 is 1.18 bits per heavy atom. The van der Waals surface area contributed by atoms with Gasteiger partial charge in [0.2, 0.25) is 0 Å². The molecule has 2 rings (SSSR count). The van der Waals surface area contributed by atoms with Crippen molar-refractivity contribution in [1.29, 1.82) is 0 Å². The lowest BCUT2D eigenvalue weighted by molar-refractivity contribution is -0.136. The fourth-order valence-corrected chi connectivity index (χ4v) is 2.12. The third kappa shape index (κ3) is 4.33. The molecule has 0 saturated carbocycles. The number of carbonyl (C=O) groups excluding carboxylic acids is 1. The number of carboxylic acid groups (broad SMARTS) is 1. The van der Waals surface area contributed by atoms with Gasteiger partial charge in [0.1, 0.15) is 17.1 Å². The molecule has 0 aliphatic heterocycles. The summed E-state index contributed by atoms with van der Waals surface area (Å²) in [5.41, 5.74) is 0.908. The second kappa shape index (κ2) is 7.09. The summed E-state index contributed by atoms with van der Waals surface area (Å²) in [6.45, 7) is 1.60. The van der Waals surface area contributed by atoms with Crippen molar-refractivity contribution in [3.63, 3.8) is 0 Å². The van der Waals surface area contributed by atoms with E-state index in [-0.39, 0.29) is 17.9 Å². The van der Waals surface area contributed by atoms with E-state index in [1.807, 2.05) is 19.1 Å². The number of carbonyl (C=O) groups is 2. The highest BCUT2D eigenvalue weighted by molar-refractivity contribution is 9.10. The van der Waals surface area contributed by atoms with E-state index in [2.05, 4.69) is 15.9 Å². The van der Waals surface area contributed by atoms with Gasteiger partial charge in [-0.15, -0.1) is 0 Å². The first kappa shape index (κ1) is 16.0. The average Bonchev–Trinajstić information content (AvgIpc) is 2.47. The van der Waals surface area contributed by atoms with Gasteiger partial charge in [-0.05, 0) is 42.8 Å². The molecular formula is C16H13BrO5. The SMILES string of the molecule is Cc1cccc(OCC(=O)Oc2ccc(Br)cc2C(=O)O)c1. The fraction of sp³-hybridized carbons (Fsp3) is 0.125. The molecule has 0 atom stereocenters. The van der Waals surface area contributed by atoms with E-state index in [1.54, 1.807) is 18.2 Å². The van der Waals surface area contributed by atoms with E-state index in [9.17, 15) is 9.59 Å². The quantitative estimate of drug-likeness (QED) is 0.649. The minimum Gasteiger partial charge on any atom is -0.482 e. The van der Waals surface area contributed by atoms with Crippen molar-refractivity contribution in [3.8, 4) is 11.5 Å². The number of carboxylic acids is 1. The number of rotatable bonds is 5. The predicted octanol–water partition coefficient (Wildman–Crippen LogP) is 3.44. The Labute approximate surface area is 135 Å². The minimum atomic E-state index is -1.18. The van der Waals surface area contributed by atoms with Gasteiger partial charge in [-0.3, -0.25) is 0 Å². The largest absolute Gasteiger partial charge is 0.482 e. The van der Waals surface area contributed by atoms with Crippen LogP contribution in [0.15, 0.2) is 46.9 Å². The first-order chi connectivity index (χ1) is 10.5. The van der Waals surface area contributed by atoms with Crippen molar-refractivity contribution in [1.82, 2.24) is 0 Å². The number of aryl methyl sites for hydroxylation is 1. The summed E-state index contributed by atoms with van der Waals surface area (Å²) in [6, 6.07) is 11.6. The maximum absolute atomic E-state index is 11.8. The summed E-state index contributed by atoms with van der Waals surface area (Å²) in [4.78, 5) is 22.9. The topological polar surface area (TPSA) is 72.8 Å². The van der Waals surface area contributed by atoms with Crippen LogP contribution >= 0.6 is 15.9 Å². The average molecular weight is 365 g/mol. The maximum atomic E-state index is 11.8. The van der Waals surface area contributed by atoms with E-state index in [1.165, 1.54) is 12.1 Å². The molecule has 0 heterocycles. The zero-order valence-corrected chi connectivity index (χ0v) is 13.3. The van der Waals surface area contributed by atoms with Crippen LogP contribution in [0.1, 0.15) is 15.9 Å². The molecule has 0 aliphatic carbocycles. The standard InChI is InChI=1S/C16H13BrO5/c1-10-3-2-4-12(7-10)21-9-15(18)22-14-6-5-11(17)8-13(14)16(19)20/h2-8H,9H2,1H3,(H,19,20). The van der Waals surface area contributed by atoms with Crippen LogP contribution in [0.5, 0.6) is 11.5 Å². The lowest BCUT2D eigenvalue weighted by Crippen LogP contribution is -2.19. The van der Waals surface area contributed by atoms with E-state index in [4.69, 9.17) is 14.6 Å². The van der Waals surface area contributed by atoms with Gasteiger partial charge in [-0.1, -0.05) is 28.1 Å². The van der Waals surface area contributed by atoms with Crippen molar-refractivity contribution >= 4 is 27.9 Å². The van der Waals surface area contributed by atoms with Crippen LogP contribution in [-0.2, 0) is 4.79 Å². The van der Waals surface area contributed by atoms with E-state index in [0.29, 0.717) is 10.2 Å². The summed E-state index contributed by atoms with van der Waals surface area (Å²) in [5, 5.41) is 9.10. The summed E-state index contributed by atoms with van der Waals surface area (Å²) in [6.07, 6.45) is 0. The summed E-state index contributed by atoms with van der Waals surface area (Å²) in [7, 11) is 0. The van der Waals surface area contributed by atoms with Crippen LogP contribution in [0.4, 0.5) is 0 Å². The number of aromatic carboxylic acids is 1. The predicted molar refractivity (Wildman–Crippen MR) is 83.4 cm³/mol. The summed E-state index contributed by atoms with van der Waals surface area (Å²) >= 11 is 3.17. The molecule has 22 heavy (non-hydrogen) atoms. The zero-order valence-electron chi connectivity index (χ0n) is 11.7. The maximum Gasteiger partial charge on any atom is 0.349 e. The highest BCUT2D eigenvalue weighted by atomic mass is 79.9. The molecule has 0 amide bonds. The van der Waals surface area contributed by atoms with E-state index in [0.717, 1.165) is 5.56 Å². The second-order valence-electron chi connectivity index (χ2n) is 4.52. The molecule has 0 unspecified atom stereocenters. The zero-order chi connectivity index (χ0) is 16.1. The Morgan fingerprint density at radius 3 is 2.64 bits per heavy atom. The third-order valence-corrected chi connectivity index (χ3v) is 3.24. The summed E-state index contributed by atoms with van der Waals surface area (Å²) in [5.74, 6) is -1.32. The van der Waals surface area contributed by atoms with Gasteiger partial charge >= 0.3 is 11.9 Å². The first-order valence-corrected chi connectivity index (χ1v) is 7.18. The van der Waals surface area contributed by atoms with Gasteiger partial charge in [0.25, 0.3) is 0 Å². The second-order valence-corrected chi connectivity index (χ2v) is 5.44. The van der Waals surface area contributed by atoms with Crippen LogP contribution in [0.3, 0.4) is 0 Å². The monoisotopic (exact) mass is 364 g/mol. The number of ether oxygens (including phenoxy) is 2. The molecular weight excluding hydrogens is 352 g/mol. The molecule has 6 heteroatoms. The van der Waals surface area contributed by atoms with Crippen LogP contribution in [0.2, 0.25) is 0 Å². The van der Waals surface area contributed by atoms with Crippen molar-refractivity contribution < 1.29 is 24.2 Å². The van der Waals surface area contributed by atoms with E-state index >= 15 is 0 Å². The van der Waals surface area contributed by atoms with Crippen LogP contribution in [0.25, 0.3) is 0 Å². The van der Waals surface area contributed by atoms with Gasteiger partial charge in [-0.2, -0.15) is 0 Å². The molecule has 0 fully saturated rings. The Morgan fingerprint density at radius 2 is 1.95 bits per heavy atom. The molecule has 114 valence electrons. The summed E-state index contributed by atoms with van der Waals surface area (Å²) < 4.78 is 10.9. The minimum absolute atomic E-state index is 0.0199. The third-order valence-electron chi connectivity index (χ3n) is 2.74. The first-order valence-electron chi connectivity index (χ1n) is 6.38. The van der Waals surface area contributed by atoms with Gasteiger partial charge in [0.05, 0.1) is 0 Å². The molecule has 5 nitrogen and oxygen atoms in total. The number of esters is 1. The molecule has 0 bridgehead atoms. The number of benzene rings is 2. The fourth-order valence-electron chi connectivity index (χ4n) is 1.76. The highest BCUT2D eigenvalue weighted by Crippen LogP contribution is 2.23. The lowest BCUT2D eigenvalue weighted by Gasteiger charge is -2.09. The smallest absolute Gasteiger partial charge is 0.349 e. The Bertz CT molecular complexity index is 711. The number of hydrogen-bond acceptors (Lipinski definition) is 4. The van der Waals surface area contributed by atoms with E-state index < -0.39 is 11.9 Å². The Balaban J connectivity index is 2.02. The molecule has 2 aromatic rings. The molecule has 1 N–H and O–H groups in total. The van der Waals surface area contributed by atoms with Crippen LogP contribution < -0.4 is 9.47 Å². The molecule has 0 radical (unpaired) electrons. The van der Waals surface area contributed by atoms with Crippen molar-refractivity contribution in [2.45, 2.75) is 6.92 Å². The van der Waals surface area contributed by atoms with Crippen LogP contribution in [0, 0.1) is 6.92 Å². The van der Waals surface area contributed by atoms with Gasteiger partial charge < -0.3 is 14.6 Å². The Kier molecular flexibility index (Phi) is 5.16. The molecule has 0 spiro atoms. The van der Waals surface area contributed by atoms with Crippen molar-refractivity contribution in [2.75, 3.05) is 6.61 Å².